The molecule has 1 atom stereocenters. The number of hydrogen-bond donors (Lipinski definition) is 2. The third-order valence-corrected chi connectivity index (χ3v) is 5.75. The number of hydrogen-bond acceptors (Lipinski definition) is 5. The van der Waals surface area contributed by atoms with E-state index in [2.05, 4.69) is 46.0 Å². The zero-order chi connectivity index (χ0) is 24.6. The number of allylic oxidation sites excluding steroid dienone is 2. The van der Waals surface area contributed by atoms with Crippen molar-refractivity contribution >= 4 is 5.82 Å². The molecule has 33 heavy (non-hydrogen) atoms. The second-order valence-electron chi connectivity index (χ2n) is 8.02. The van der Waals surface area contributed by atoms with Gasteiger partial charge in [-0.15, -0.1) is 0 Å². The molecule has 0 bridgehead atoms. The van der Waals surface area contributed by atoms with Crippen LogP contribution in [0.25, 0.3) is 0 Å². The lowest BCUT2D eigenvalue weighted by Gasteiger charge is -2.33. The van der Waals surface area contributed by atoms with Crippen LogP contribution < -0.4 is 10.6 Å². The molecular weight excluding hydrogens is 443 g/mol. The van der Waals surface area contributed by atoms with Crippen molar-refractivity contribution in [1.82, 2.24) is 15.2 Å². The highest BCUT2D eigenvalue weighted by atomic mass is 19.4. The van der Waals surface area contributed by atoms with Gasteiger partial charge in [0, 0.05) is 37.9 Å². The SMILES string of the molecule is CCCCN(Cc1c(CC)ccnc1NC)C(C)C1=CC=C(OCC(F)(F)C(F)(F)F)NC1. The van der Waals surface area contributed by atoms with Gasteiger partial charge in [0.05, 0.1) is 0 Å². The molecule has 0 fully saturated rings. The molecule has 5 nitrogen and oxygen atoms in total. The normalized spacial score (nSPS) is 15.6. The number of anilines is 1. The summed E-state index contributed by atoms with van der Waals surface area (Å²) < 4.78 is 67.9. The molecule has 1 aliphatic rings. The predicted octanol–water partition coefficient (Wildman–Crippen LogP) is 5.26. The van der Waals surface area contributed by atoms with E-state index in [1.807, 2.05) is 13.1 Å². The molecule has 1 aromatic rings. The molecule has 2 rings (SSSR count). The maximum absolute atomic E-state index is 13.1. The van der Waals surface area contributed by atoms with Crippen LogP contribution in [0.5, 0.6) is 0 Å². The molecule has 1 aromatic heterocycles. The Morgan fingerprint density at radius 1 is 1.21 bits per heavy atom. The molecule has 0 spiro atoms. The van der Waals surface area contributed by atoms with Crippen molar-refractivity contribution in [2.24, 2.45) is 0 Å². The molecule has 0 aliphatic carbocycles. The number of dihydropyridines is 1. The summed E-state index contributed by atoms with van der Waals surface area (Å²) in [6, 6.07) is 2.02. The van der Waals surface area contributed by atoms with Crippen LogP contribution in [0.15, 0.2) is 35.9 Å². The van der Waals surface area contributed by atoms with Crippen LogP contribution in [0.4, 0.5) is 27.8 Å². The lowest BCUT2D eigenvalue weighted by Crippen LogP contribution is -2.42. The second-order valence-corrected chi connectivity index (χ2v) is 8.02. The van der Waals surface area contributed by atoms with Crippen LogP contribution in [0.2, 0.25) is 0 Å². The Morgan fingerprint density at radius 3 is 2.48 bits per heavy atom. The van der Waals surface area contributed by atoms with E-state index >= 15 is 0 Å². The van der Waals surface area contributed by atoms with E-state index in [-0.39, 0.29) is 11.9 Å². The molecule has 1 aliphatic heterocycles. The van der Waals surface area contributed by atoms with Gasteiger partial charge < -0.3 is 15.4 Å². The Hall–Kier alpha value is -2.36. The number of aryl methyl sites for hydroxylation is 1. The molecule has 186 valence electrons. The van der Waals surface area contributed by atoms with E-state index in [4.69, 9.17) is 0 Å². The highest BCUT2D eigenvalue weighted by Crippen LogP contribution is 2.36. The summed E-state index contributed by atoms with van der Waals surface area (Å²) >= 11 is 0. The van der Waals surface area contributed by atoms with Crippen LogP contribution in [0.1, 0.15) is 44.7 Å². The first-order valence-electron chi connectivity index (χ1n) is 11.1. The van der Waals surface area contributed by atoms with Crippen molar-refractivity contribution in [3.63, 3.8) is 0 Å². The Kier molecular flexibility index (Phi) is 9.51. The molecule has 0 aromatic carbocycles. The van der Waals surface area contributed by atoms with Crippen molar-refractivity contribution in [2.75, 3.05) is 32.1 Å². The van der Waals surface area contributed by atoms with Crippen molar-refractivity contribution < 1.29 is 26.7 Å². The van der Waals surface area contributed by atoms with Crippen molar-refractivity contribution in [3.8, 4) is 0 Å². The van der Waals surface area contributed by atoms with Gasteiger partial charge in [0.15, 0.2) is 12.5 Å². The highest BCUT2D eigenvalue weighted by Gasteiger charge is 2.58. The second kappa shape index (κ2) is 11.7. The fraction of sp³-hybridized carbons (Fsp3) is 0.609. The lowest BCUT2D eigenvalue weighted by molar-refractivity contribution is -0.294. The topological polar surface area (TPSA) is 49.4 Å². The molecule has 10 heteroatoms. The zero-order valence-electron chi connectivity index (χ0n) is 19.5. The number of nitrogens with zero attached hydrogens (tertiary/aromatic N) is 2. The monoisotopic (exact) mass is 476 g/mol. The molecule has 0 radical (unpaired) electrons. The zero-order valence-corrected chi connectivity index (χ0v) is 19.5. The first-order chi connectivity index (χ1) is 15.5. The smallest absolute Gasteiger partial charge is 0.456 e. The van der Waals surface area contributed by atoms with Gasteiger partial charge in [0.1, 0.15) is 5.82 Å². The van der Waals surface area contributed by atoms with E-state index < -0.39 is 18.7 Å². The van der Waals surface area contributed by atoms with Crippen molar-refractivity contribution in [1.29, 1.82) is 0 Å². The number of halogens is 5. The summed E-state index contributed by atoms with van der Waals surface area (Å²) in [5.74, 6) is -4.18. The van der Waals surface area contributed by atoms with Gasteiger partial charge in [-0.05, 0) is 49.6 Å². The minimum atomic E-state index is -5.65. The molecular formula is C23H33F5N4O. The van der Waals surface area contributed by atoms with E-state index in [9.17, 15) is 22.0 Å². The summed E-state index contributed by atoms with van der Waals surface area (Å²) in [5.41, 5.74) is 3.32. The molecule has 2 heterocycles. The Balaban J connectivity index is 2.16. The standard InChI is InChI=1S/C23H33F5N4O/c1-5-7-12-32(14-19-17(6-2)10-11-30-21(19)29-4)16(3)18-8-9-20(31-13-18)33-15-22(24,25)23(26,27)28/h8-11,16,31H,5-7,12-15H2,1-4H3,(H,29,30). The number of alkyl halides is 5. The Bertz CT molecular complexity index is 816. The first-order valence-corrected chi connectivity index (χ1v) is 11.1. The van der Waals surface area contributed by atoms with E-state index in [0.29, 0.717) is 13.1 Å². The van der Waals surface area contributed by atoms with E-state index in [1.165, 1.54) is 11.6 Å². The number of ether oxygens (including phenoxy) is 1. The minimum Gasteiger partial charge on any atom is -0.472 e. The van der Waals surface area contributed by atoms with Crippen LogP contribution >= 0.6 is 0 Å². The van der Waals surface area contributed by atoms with E-state index in [1.54, 1.807) is 12.3 Å². The minimum absolute atomic E-state index is 0.00749. The lowest BCUT2D eigenvalue weighted by atomic mass is 10.0. The summed E-state index contributed by atoms with van der Waals surface area (Å²) in [5, 5.41) is 5.97. The molecule has 0 saturated heterocycles. The van der Waals surface area contributed by atoms with Crippen LogP contribution in [0.3, 0.4) is 0 Å². The summed E-state index contributed by atoms with van der Waals surface area (Å²) in [6.07, 6.45) is 2.17. The van der Waals surface area contributed by atoms with Gasteiger partial charge in [0.25, 0.3) is 0 Å². The van der Waals surface area contributed by atoms with Crippen LogP contribution in [0, 0.1) is 0 Å². The van der Waals surface area contributed by atoms with Gasteiger partial charge in [-0.3, -0.25) is 4.90 Å². The van der Waals surface area contributed by atoms with Gasteiger partial charge >= 0.3 is 12.1 Å². The van der Waals surface area contributed by atoms with E-state index in [0.717, 1.165) is 42.8 Å². The molecule has 2 N–H and O–H groups in total. The largest absolute Gasteiger partial charge is 0.472 e. The molecule has 1 unspecified atom stereocenters. The third kappa shape index (κ3) is 7.06. The van der Waals surface area contributed by atoms with Crippen LogP contribution in [-0.4, -0.2) is 54.8 Å². The maximum atomic E-state index is 13.1. The molecule has 0 amide bonds. The molecule has 0 saturated carbocycles. The van der Waals surface area contributed by atoms with Crippen molar-refractivity contribution in [2.45, 2.75) is 64.7 Å². The summed E-state index contributed by atoms with van der Waals surface area (Å²) in [7, 11) is 1.84. The predicted molar refractivity (Wildman–Crippen MR) is 119 cm³/mol. The van der Waals surface area contributed by atoms with Gasteiger partial charge in [0.2, 0.25) is 0 Å². The number of rotatable bonds is 12. The Labute approximate surface area is 192 Å². The first kappa shape index (κ1) is 26.9. The number of pyridine rings is 1. The highest BCUT2D eigenvalue weighted by molar-refractivity contribution is 5.48. The van der Waals surface area contributed by atoms with Crippen LogP contribution in [-0.2, 0) is 17.7 Å². The fourth-order valence-electron chi connectivity index (χ4n) is 3.59. The summed E-state index contributed by atoms with van der Waals surface area (Å²) in [6.45, 7) is 6.33. The quantitative estimate of drug-likeness (QED) is 0.403. The Morgan fingerprint density at radius 2 is 1.94 bits per heavy atom. The fourth-order valence-corrected chi connectivity index (χ4v) is 3.59. The average Bonchev–Trinajstić information content (AvgIpc) is 2.79. The number of unbranched alkanes of at least 4 members (excludes halogenated alkanes) is 1. The summed E-state index contributed by atoms with van der Waals surface area (Å²) in [4.78, 5) is 6.77. The maximum Gasteiger partial charge on any atom is 0.456 e. The number of nitrogens with one attached hydrogen (secondary N) is 2. The third-order valence-electron chi connectivity index (χ3n) is 5.75. The average molecular weight is 477 g/mol. The van der Waals surface area contributed by atoms with Gasteiger partial charge in [-0.1, -0.05) is 26.3 Å². The van der Waals surface area contributed by atoms with Crippen molar-refractivity contribution in [3.05, 3.63) is 47.0 Å². The van der Waals surface area contributed by atoms with Gasteiger partial charge in [-0.25, -0.2) is 4.98 Å². The number of aromatic nitrogens is 1. The van der Waals surface area contributed by atoms with Gasteiger partial charge in [-0.2, -0.15) is 22.0 Å².